The molecule has 1 N–H and O–H groups in total. The van der Waals surface area contributed by atoms with E-state index in [4.69, 9.17) is 0 Å². The Labute approximate surface area is 149 Å². The van der Waals surface area contributed by atoms with Gasteiger partial charge in [0.25, 0.3) is 11.1 Å². The van der Waals surface area contributed by atoms with Crippen molar-refractivity contribution in [1.82, 2.24) is 4.90 Å². The smallest absolute Gasteiger partial charge is 0.293 e. The minimum absolute atomic E-state index is 0.102. The molecule has 0 unspecified atom stereocenters. The lowest BCUT2D eigenvalue weighted by molar-refractivity contribution is -0.124. The Bertz CT molecular complexity index is 624. The maximum atomic E-state index is 12.3. The Morgan fingerprint density at radius 1 is 1.48 bits per heavy atom. The van der Waals surface area contributed by atoms with Gasteiger partial charge in [0, 0.05) is 6.04 Å². The van der Waals surface area contributed by atoms with Crippen LogP contribution < -0.4 is 0 Å². The van der Waals surface area contributed by atoms with Gasteiger partial charge in [-0.15, -0.1) is 0 Å². The number of carbonyl (C=O) groups excluding carboxylic acids is 2. The van der Waals surface area contributed by atoms with Crippen LogP contribution in [0.25, 0.3) is 6.08 Å². The molecule has 1 aliphatic rings. The predicted molar refractivity (Wildman–Crippen MR) is 96.1 cm³/mol. The van der Waals surface area contributed by atoms with E-state index in [0.717, 1.165) is 23.7 Å². The average molecular weight is 482 g/mol. The van der Waals surface area contributed by atoms with Gasteiger partial charge in [-0.05, 0) is 87.4 Å². The van der Waals surface area contributed by atoms with E-state index in [9.17, 15) is 14.7 Å². The lowest BCUT2D eigenvalue weighted by Crippen LogP contribution is -2.36. The fraction of sp³-hybridized carbons (Fsp3) is 0.286. The molecule has 112 valence electrons. The predicted octanol–water partition coefficient (Wildman–Crippen LogP) is 4.59. The highest BCUT2D eigenvalue weighted by Crippen LogP contribution is 2.36. The second kappa shape index (κ2) is 6.70. The van der Waals surface area contributed by atoms with E-state index in [1.54, 1.807) is 18.2 Å². The van der Waals surface area contributed by atoms with Gasteiger partial charge >= 0.3 is 0 Å². The van der Waals surface area contributed by atoms with Gasteiger partial charge in [-0.3, -0.25) is 14.5 Å². The number of rotatable bonds is 3. The molecule has 0 radical (unpaired) electrons. The number of aromatic hydroxyl groups is 1. The second-order valence-corrected chi connectivity index (χ2v) is 7.65. The summed E-state index contributed by atoms with van der Waals surface area (Å²) in [4.78, 5) is 26.0. The molecule has 1 saturated heterocycles. The fourth-order valence-corrected chi connectivity index (χ4v) is 4.29. The first-order chi connectivity index (χ1) is 9.85. The van der Waals surface area contributed by atoms with Gasteiger partial charge < -0.3 is 5.11 Å². The van der Waals surface area contributed by atoms with E-state index in [1.807, 2.05) is 36.4 Å². The SMILES string of the molecule is CC[C@H](C)N1C(=O)S/C(=C/c2cc(Br)c(O)c(I)c2)C1=O. The summed E-state index contributed by atoms with van der Waals surface area (Å²) in [7, 11) is 0. The largest absolute Gasteiger partial charge is 0.506 e. The number of thioether (sulfide) groups is 1. The van der Waals surface area contributed by atoms with Crippen LogP contribution in [-0.2, 0) is 4.79 Å². The van der Waals surface area contributed by atoms with Crippen LogP contribution in [0, 0.1) is 3.57 Å². The summed E-state index contributed by atoms with van der Waals surface area (Å²) in [5.74, 6) is -0.0842. The first-order valence-corrected chi connectivity index (χ1v) is 8.99. The van der Waals surface area contributed by atoms with E-state index in [2.05, 4.69) is 15.9 Å². The Kier molecular flexibility index (Phi) is 5.37. The van der Waals surface area contributed by atoms with Crippen molar-refractivity contribution >= 4 is 67.5 Å². The zero-order chi connectivity index (χ0) is 15.7. The van der Waals surface area contributed by atoms with Crippen molar-refractivity contribution < 1.29 is 14.7 Å². The van der Waals surface area contributed by atoms with Crippen LogP contribution >= 0.6 is 50.3 Å². The molecule has 2 amide bonds. The topological polar surface area (TPSA) is 57.6 Å². The van der Waals surface area contributed by atoms with Crippen molar-refractivity contribution in [3.05, 3.63) is 30.6 Å². The van der Waals surface area contributed by atoms with Crippen LogP contribution in [0.1, 0.15) is 25.8 Å². The minimum atomic E-state index is -0.251. The number of imide groups is 1. The highest BCUT2D eigenvalue weighted by Gasteiger charge is 2.37. The van der Waals surface area contributed by atoms with Crippen LogP contribution in [0.15, 0.2) is 21.5 Å². The van der Waals surface area contributed by atoms with Gasteiger partial charge in [0.15, 0.2) is 0 Å². The number of nitrogens with zero attached hydrogens (tertiary/aromatic N) is 1. The number of phenols is 1. The van der Waals surface area contributed by atoms with Crippen LogP contribution in [0.5, 0.6) is 5.75 Å². The average Bonchev–Trinajstić information content (AvgIpc) is 2.70. The third kappa shape index (κ3) is 3.45. The summed E-state index contributed by atoms with van der Waals surface area (Å²) < 4.78 is 1.23. The van der Waals surface area contributed by atoms with Crippen LogP contribution in [0.4, 0.5) is 4.79 Å². The molecule has 0 bridgehead atoms. The number of halogens is 2. The molecule has 0 spiro atoms. The lowest BCUT2D eigenvalue weighted by Gasteiger charge is -2.19. The number of hydrogen-bond acceptors (Lipinski definition) is 4. The molecule has 1 aromatic rings. The summed E-state index contributed by atoms with van der Waals surface area (Å²) >= 11 is 6.23. The quantitative estimate of drug-likeness (QED) is 0.506. The van der Waals surface area contributed by atoms with Crippen molar-refractivity contribution in [2.75, 3.05) is 0 Å². The molecule has 1 fully saturated rings. The number of hydrogen-bond donors (Lipinski definition) is 1. The summed E-state index contributed by atoms with van der Waals surface area (Å²) in [6.07, 6.45) is 2.41. The normalized spacial score (nSPS) is 18.7. The van der Waals surface area contributed by atoms with Gasteiger partial charge in [0.1, 0.15) is 5.75 Å². The maximum Gasteiger partial charge on any atom is 0.293 e. The molecular formula is C14H13BrINO3S. The van der Waals surface area contributed by atoms with Crippen molar-refractivity contribution in [2.45, 2.75) is 26.3 Å². The standard InChI is InChI=1S/C14H13BrINO3S/c1-3-7(2)17-13(19)11(21-14(17)20)6-8-4-9(15)12(18)10(16)5-8/h4-7,18H,3H2,1-2H3/b11-6+/t7-/m0/s1. The monoisotopic (exact) mass is 481 g/mol. The molecule has 7 heteroatoms. The molecule has 1 aromatic carbocycles. The first kappa shape index (κ1) is 16.8. The summed E-state index contributed by atoms with van der Waals surface area (Å²) in [5, 5.41) is 9.49. The van der Waals surface area contributed by atoms with Crippen LogP contribution in [0.3, 0.4) is 0 Å². The zero-order valence-electron chi connectivity index (χ0n) is 11.4. The number of carbonyl (C=O) groups is 2. The van der Waals surface area contributed by atoms with Gasteiger partial charge in [-0.1, -0.05) is 6.92 Å². The minimum Gasteiger partial charge on any atom is -0.506 e. The summed E-state index contributed by atoms with van der Waals surface area (Å²) in [6.45, 7) is 3.80. The molecule has 21 heavy (non-hydrogen) atoms. The lowest BCUT2D eigenvalue weighted by atomic mass is 10.2. The van der Waals surface area contributed by atoms with Crippen LogP contribution in [-0.4, -0.2) is 27.2 Å². The maximum absolute atomic E-state index is 12.3. The summed E-state index contributed by atoms with van der Waals surface area (Å²) in [5.41, 5.74) is 0.763. The highest BCUT2D eigenvalue weighted by molar-refractivity contribution is 14.1. The van der Waals surface area contributed by atoms with Crippen molar-refractivity contribution in [1.29, 1.82) is 0 Å². The van der Waals surface area contributed by atoms with Crippen molar-refractivity contribution in [3.8, 4) is 5.75 Å². The fourth-order valence-electron chi connectivity index (χ4n) is 1.86. The Morgan fingerprint density at radius 2 is 2.14 bits per heavy atom. The van der Waals surface area contributed by atoms with E-state index < -0.39 is 0 Å². The molecule has 4 nitrogen and oxygen atoms in total. The number of benzene rings is 1. The summed E-state index contributed by atoms with van der Waals surface area (Å²) in [6, 6.07) is 3.38. The Hall–Kier alpha value is -0.540. The molecule has 1 heterocycles. The van der Waals surface area contributed by atoms with E-state index in [-0.39, 0.29) is 22.9 Å². The highest BCUT2D eigenvalue weighted by atomic mass is 127. The third-order valence-electron chi connectivity index (χ3n) is 3.19. The van der Waals surface area contributed by atoms with E-state index >= 15 is 0 Å². The van der Waals surface area contributed by atoms with Gasteiger partial charge in [0.05, 0.1) is 12.9 Å². The van der Waals surface area contributed by atoms with Crippen LogP contribution in [0.2, 0.25) is 0 Å². The Morgan fingerprint density at radius 3 is 2.71 bits per heavy atom. The first-order valence-electron chi connectivity index (χ1n) is 6.30. The molecule has 0 aliphatic carbocycles. The molecule has 1 aliphatic heterocycles. The zero-order valence-corrected chi connectivity index (χ0v) is 16.0. The molecule has 1 atom stereocenters. The molecule has 0 saturated carbocycles. The second-order valence-electron chi connectivity index (χ2n) is 4.64. The van der Waals surface area contributed by atoms with E-state index in [1.165, 1.54) is 4.90 Å². The third-order valence-corrected chi connectivity index (χ3v) is 5.50. The molecule has 0 aromatic heterocycles. The van der Waals surface area contributed by atoms with Gasteiger partial charge in [0.2, 0.25) is 0 Å². The van der Waals surface area contributed by atoms with Crippen molar-refractivity contribution in [3.63, 3.8) is 0 Å². The molecule has 2 rings (SSSR count). The van der Waals surface area contributed by atoms with E-state index in [0.29, 0.717) is 12.9 Å². The van der Waals surface area contributed by atoms with Crippen molar-refractivity contribution in [2.24, 2.45) is 0 Å². The van der Waals surface area contributed by atoms with Gasteiger partial charge in [-0.2, -0.15) is 0 Å². The Balaban J connectivity index is 2.35. The number of phenolic OH excluding ortho intramolecular Hbond substituents is 1. The van der Waals surface area contributed by atoms with Gasteiger partial charge in [-0.25, -0.2) is 0 Å². The molecular weight excluding hydrogens is 469 g/mol. The number of amides is 2.